The van der Waals surface area contributed by atoms with E-state index in [0.717, 1.165) is 34.8 Å². The largest absolute Gasteiger partial charge is 0.295 e. The molecule has 3 rings (SSSR count). The van der Waals surface area contributed by atoms with Crippen molar-refractivity contribution >= 4 is 5.65 Å². The molecule has 0 aromatic carbocycles. The number of hydrogen-bond acceptors (Lipinski definition) is 4. The Balaban J connectivity index is 2.27. The highest BCUT2D eigenvalue weighted by atomic mass is 15.0. The van der Waals surface area contributed by atoms with Crippen molar-refractivity contribution in [2.24, 2.45) is 0 Å². The van der Waals surface area contributed by atoms with Gasteiger partial charge in [-0.25, -0.2) is 15.0 Å². The first-order chi connectivity index (χ1) is 8.79. The van der Waals surface area contributed by atoms with Crippen LogP contribution in [0.5, 0.6) is 0 Å². The van der Waals surface area contributed by atoms with Gasteiger partial charge in [-0.3, -0.25) is 9.38 Å². The molecule has 0 aliphatic carbocycles. The van der Waals surface area contributed by atoms with Crippen LogP contribution in [0.3, 0.4) is 0 Å². The molecule has 3 aromatic heterocycles. The molecule has 0 fully saturated rings. The molecule has 5 nitrogen and oxygen atoms in total. The van der Waals surface area contributed by atoms with Crippen molar-refractivity contribution in [2.45, 2.75) is 20.3 Å². The van der Waals surface area contributed by atoms with E-state index in [1.165, 1.54) is 0 Å². The lowest BCUT2D eigenvalue weighted by molar-refractivity contribution is 0.994. The molecule has 0 aliphatic rings. The van der Waals surface area contributed by atoms with Crippen LogP contribution < -0.4 is 0 Å². The van der Waals surface area contributed by atoms with Gasteiger partial charge in [0.25, 0.3) is 0 Å². The molecule has 3 heterocycles. The smallest absolute Gasteiger partial charge is 0.156 e. The quantitative estimate of drug-likeness (QED) is 0.686. The van der Waals surface area contributed by atoms with Gasteiger partial charge in [0.1, 0.15) is 6.33 Å². The summed E-state index contributed by atoms with van der Waals surface area (Å²) in [5.41, 5.74) is 4.72. The minimum Gasteiger partial charge on any atom is -0.295 e. The summed E-state index contributed by atoms with van der Waals surface area (Å²) in [4.78, 5) is 17.1. The molecule has 90 valence electrons. The van der Waals surface area contributed by atoms with E-state index in [2.05, 4.69) is 26.9 Å². The molecule has 18 heavy (non-hydrogen) atoms. The number of fused-ring (bicyclic) bond motifs is 1. The highest BCUT2D eigenvalue weighted by Crippen LogP contribution is 2.22. The Hall–Kier alpha value is -2.30. The topological polar surface area (TPSA) is 56.0 Å². The summed E-state index contributed by atoms with van der Waals surface area (Å²) in [7, 11) is 0. The Bertz CT molecular complexity index is 701. The van der Waals surface area contributed by atoms with Crippen LogP contribution in [-0.2, 0) is 6.42 Å². The normalized spacial score (nSPS) is 11.0. The van der Waals surface area contributed by atoms with Crippen molar-refractivity contribution in [1.29, 1.82) is 0 Å². The molecule has 3 aromatic rings. The highest BCUT2D eigenvalue weighted by Gasteiger charge is 2.12. The number of aromatic nitrogens is 5. The molecule has 0 bridgehead atoms. The molecule has 5 heteroatoms. The standard InChI is InChI=1S/C13H13N5/c1-3-10-6-11(16-8-15-10)13-9(2)17-12-7-14-4-5-18(12)13/h4-8H,3H2,1-2H3. The Kier molecular flexibility index (Phi) is 2.51. The van der Waals surface area contributed by atoms with Crippen LogP contribution in [0.1, 0.15) is 18.3 Å². The van der Waals surface area contributed by atoms with Crippen molar-refractivity contribution in [2.75, 3.05) is 0 Å². The molecular formula is C13H13N5. The van der Waals surface area contributed by atoms with E-state index in [1.54, 1.807) is 18.7 Å². The van der Waals surface area contributed by atoms with E-state index in [4.69, 9.17) is 0 Å². The fraction of sp³-hybridized carbons (Fsp3) is 0.231. The van der Waals surface area contributed by atoms with Gasteiger partial charge in [-0.05, 0) is 19.4 Å². The van der Waals surface area contributed by atoms with Gasteiger partial charge in [-0.1, -0.05) is 6.92 Å². The molecule has 0 atom stereocenters. The summed E-state index contributed by atoms with van der Waals surface area (Å²) in [6.45, 7) is 4.06. The van der Waals surface area contributed by atoms with E-state index in [0.29, 0.717) is 0 Å². The Labute approximate surface area is 105 Å². The first-order valence-electron chi connectivity index (χ1n) is 5.89. The monoisotopic (exact) mass is 239 g/mol. The maximum atomic E-state index is 4.49. The highest BCUT2D eigenvalue weighted by molar-refractivity contribution is 5.63. The minimum atomic E-state index is 0.835. The maximum absolute atomic E-state index is 4.49. The van der Waals surface area contributed by atoms with E-state index in [1.807, 2.05) is 23.6 Å². The van der Waals surface area contributed by atoms with Crippen molar-refractivity contribution in [3.8, 4) is 11.4 Å². The zero-order valence-corrected chi connectivity index (χ0v) is 10.3. The predicted octanol–water partition coefficient (Wildman–Crippen LogP) is 2.06. The van der Waals surface area contributed by atoms with Crippen LogP contribution in [0, 0.1) is 6.92 Å². The lowest BCUT2D eigenvalue weighted by Gasteiger charge is -2.03. The van der Waals surface area contributed by atoms with Gasteiger partial charge in [-0.2, -0.15) is 0 Å². The molecule has 0 amide bonds. The average molecular weight is 239 g/mol. The van der Waals surface area contributed by atoms with Crippen molar-refractivity contribution in [3.63, 3.8) is 0 Å². The number of imidazole rings is 1. The van der Waals surface area contributed by atoms with Crippen LogP contribution >= 0.6 is 0 Å². The Morgan fingerprint density at radius 1 is 1.28 bits per heavy atom. The maximum Gasteiger partial charge on any atom is 0.156 e. The SMILES string of the molecule is CCc1cc(-c2c(C)nc3cnccn23)ncn1. The first-order valence-corrected chi connectivity index (χ1v) is 5.89. The van der Waals surface area contributed by atoms with Crippen LogP contribution in [0.25, 0.3) is 17.0 Å². The molecule has 0 N–H and O–H groups in total. The summed E-state index contributed by atoms with van der Waals surface area (Å²) >= 11 is 0. The number of aryl methyl sites for hydroxylation is 2. The van der Waals surface area contributed by atoms with E-state index < -0.39 is 0 Å². The van der Waals surface area contributed by atoms with Crippen LogP contribution in [0.2, 0.25) is 0 Å². The van der Waals surface area contributed by atoms with Gasteiger partial charge < -0.3 is 0 Å². The van der Waals surface area contributed by atoms with Crippen molar-refractivity contribution < 1.29 is 0 Å². The summed E-state index contributed by atoms with van der Waals surface area (Å²) in [5, 5.41) is 0. The van der Waals surface area contributed by atoms with E-state index in [-0.39, 0.29) is 0 Å². The lowest BCUT2D eigenvalue weighted by Crippen LogP contribution is -1.95. The molecule has 0 radical (unpaired) electrons. The fourth-order valence-electron chi connectivity index (χ4n) is 2.05. The zero-order valence-electron chi connectivity index (χ0n) is 10.3. The van der Waals surface area contributed by atoms with Gasteiger partial charge in [-0.15, -0.1) is 0 Å². The molecule has 0 unspecified atom stereocenters. The predicted molar refractivity (Wildman–Crippen MR) is 68.1 cm³/mol. The fourth-order valence-corrected chi connectivity index (χ4v) is 2.05. The molecule has 0 saturated carbocycles. The lowest BCUT2D eigenvalue weighted by atomic mass is 10.2. The average Bonchev–Trinajstić information content (AvgIpc) is 2.74. The number of nitrogens with zero attached hydrogens (tertiary/aromatic N) is 5. The molecular weight excluding hydrogens is 226 g/mol. The van der Waals surface area contributed by atoms with Gasteiger partial charge in [0.2, 0.25) is 0 Å². The molecule has 0 spiro atoms. The van der Waals surface area contributed by atoms with Crippen LogP contribution in [0.4, 0.5) is 0 Å². The first kappa shape index (κ1) is 10.8. The van der Waals surface area contributed by atoms with Crippen molar-refractivity contribution in [1.82, 2.24) is 24.3 Å². The molecule has 0 aliphatic heterocycles. The summed E-state index contributed by atoms with van der Waals surface area (Å²) in [5.74, 6) is 0. The van der Waals surface area contributed by atoms with Gasteiger partial charge in [0, 0.05) is 18.1 Å². The van der Waals surface area contributed by atoms with E-state index in [9.17, 15) is 0 Å². The van der Waals surface area contributed by atoms with Gasteiger partial charge in [0.15, 0.2) is 5.65 Å². The zero-order chi connectivity index (χ0) is 12.5. The second kappa shape index (κ2) is 4.18. The van der Waals surface area contributed by atoms with Crippen molar-refractivity contribution in [3.05, 3.63) is 42.4 Å². The third kappa shape index (κ3) is 1.64. The summed E-state index contributed by atoms with van der Waals surface area (Å²) in [6.07, 6.45) is 7.90. The summed E-state index contributed by atoms with van der Waals surface area (Å²) in [6, 6.07) is 2.01. The Morgan fingerprint density at radius 2 is 2.17 bits per heavy atom. The number of hydrogen-bond donors (Lipinski definition) is 0. The molecule has 0 saturated heterocycles. The third-order valence-corrected chi connectivity index (χ3v) is 2.93. The summed E-state index contributed by atoms with van der Waals surface area (Å²) < 4.78 is 2.00. The van der Waals surface area contributed by atoms with E-state index >= 15 is 0 Å². The van der Waals surface area contributed by atoms with Crippen LogP contribution in [0.15, 0.2) is 31.0 Å². The van der Waals surface area contributed by atoms with Gasteiger partial charge in [0.05, 0.1) is 23.3 Å². The van der Waals surface area contributed by atoms with Crippen LogP contribution in [-0.4, -0.2) is 24.3 Å². The second-order valence-corrected chi connectivity index (χ2v) is 4.10. The number of rotatable bonds is 2. The second-order valence-electron chi connectivity index (χ2n) is 4.10. The minimum absolute atomic E-state index is 0.835. The third-order valence-electron chi connectivity index (χ3n) is 2.93. The Morgan fingerprint density at radius 3 is 3.00 bits per heavy atom. The van der Waals surface area contributed by atoms with Gasteiger partial charge >= 0.3 is 0 Å².